The molecule has 3 aromatic rings. The number of carboxylic acid groups (broad SMARTS) is 1. The van der Waals surface area contributed by atoms with E-state index in [0.717, 1.165) is 22.6 Å². The number of hydrogen-bond acceptors (Lipinski definition) is 4. The van der Waals surface area contributed by atoms with Gasteiger partial charge in [-0.15, -0.1) is 0 Å². The van der Waals surface area contributed by atoms with Crippen molar-refractivity contribution in [2.45, 2.75) is 46.4 Å². The van der Waals surface area contributed by atoms with Crippen molar-refractivity contribution in [2.24, 2.45) is 5.92 Å². The van der Waals surface area contributed by atoms with Gasteiger partial charge in [-0.25, -0.2) is 4.79 Å². The Labute approximate surface area is 193 Å². The van der Waals surface area contributed by atoms with Crippen molar-refractivity contribution in [1.29, 1.82) is 0 Å². The van der Waals surface area contributed by atoms with Crippen LogP contribution in [0.15, 0.2) is 54.6 Å². The van der Waals surface area contributed by atoms with Gasteiger partial charge in [0, 0.05) is 10.6 Å². The summed E-state index contributed by atoms with van der Waals surface area (Å²) in [5.74, 6) is 0.181. The summed E-state index contributed by atoms with van der Waals surface area (Å²) in [6.45, 7) is 8.42. The van der Waals surface area contributed by atoms with E-state index in [4.69, 9.17) is 21.1 Å². The first kappa shape index (κ1) is 23.8. The molecule has 0 fully saturated rings. The molecule has 0 amide bonds. The van der Waals surface area contributed by atoms with Crippen molar-refractivity contribution in [2.75, 3.05) is 6.61 Å². The van der Waals surface area contributed by atoms with Crippen LogP contribution in [0, 0.1) is 5.92 Å². The highest BCUT2D eigenvalue weighted by Gasteiger charge is 2.28. The first-order chi connectivity index (χ1) is 15.2. The Morgan fingerprint density at radius 2 is 1.91 bits per heavy atom. The van der Waals surface area contributed by atoms with Crippen LogP contribution < -0.4 is 4.74 Å². The fourth-order valence-electron chi connectivity index (χ4n) is 3.01. The van der Waals surface area contributed by atoms with Crippen LogP contribution in [0.25, 0.3) is 11.3 Å². The van der Waals surface area contributed by atoms with Gasteiger partial charge in [0.2, 0.25) is 0 Å². The van der Waals surface area contributed by atoms with E-state index in [1.807, 2.05) is 59.3 Å². The molecule has 1 N–H and O–H groups in total. The summed E-state index contributed by atoms with van der Waals surface area (Å²) < 4.78 is 13.4. The van der Waals surface area contributed by atoms with Crippen molar-refractivity contribution < 1.29 is 19.4 Å². The van der Waals surface area contributed by atoms with Crippen LogP contribution in [0.3, 0.4) is 0 Å². The SMILES string of the molecule is CC(C)COc1cccc(-c2cc(COC(C)(C)C(=O)O)nn2Cc2ccccc2Cl)c1. The molecule has 0 saturated heterocycles. The molecular formula is C25H29ClN2O4. The first-order valence-corrected chi connectivity index (χ1v) is 10.9. The Kier molecular flexibility index (Phi) is 7.59. The van der Waals surface area contributed by atoms with E-state index in [0.29, 0.717) is 29.8 Å². The van der Waals surface area contributed by atoms with Crippen LogP contribution in [0.4, 0.5) is 0 Å². The lowest BCUT2D eigenvalue weighted by Crippen LogP contribution is -2.34. The van der Waals surface area contributed by atoms with E-state index in [9.17, 15) is 9.90 Å². The number of benzene rings is 2. The third-order valence-electron chi connectivity index (χ3n) is 4.92. The standard InChI is InChI=1S/C25H29ClN2O4/c1-17(2)15-31-21-10-7-9-18(12-21)23-13-20(16-32-25(3,4)24(29)30)27-28(23)14-19-8-5-6-11-22(19)26/h5-13,17H,14-16H2,1-4H3,(H,29,30). The van der Waals surface area contributed by atoms with Gasteiger partial charge in [-0.2, -0.15) is 5.10 Å². The number of nitrogens with zero attached hydrogens (tertiary/aromatic N) is 2. The predicted molar refractivity (Wildman–Crippen MR) is 125 cm³/mol. The predicted octanol–water partition coefficient (Wildman–Crippen LogP) is 5.67. The van der Waals surface area contributed by atoms with Gasteiger partial charge >= 0.3 is 5.97 Å². The van der Waals surface area contributed by atoms with Crippen LogP contribution in [0.2, 0.25) is 5.02 Å². The van der Waals surface area contributed by atoms with Crippen LogP contribution in [-0.2, 0) is 22.7 Å². The van der Waals surface area contributed by atoms with E-state index in [-0.39, 0.29) is 6.61 Å². The number of halogens is 1. The molecule has 6 nitrogen and oxygen atoms in total. The van der Waals surface area contributed by atoms with Crippen molar-refractivity contribution in [3.05, 3.63) is 70.9 Å². The molecule has 1 heterocycles. The van der Waals surface area contributed by atoms with E-state index in [1.54, 1.807) is 0 Å². The van der Waals surface area contributed by atoms with Gasteiger partial charge in [0.05, 0.1) is 31.1 Å². The monoisotopic (exact) mass is 456 g/mol. The molecule has 170 valence electrons. The zero-order valence-corrected chi connectivity index (χ0v) is 19.6. The number of carboxylic acids is 1. The minimum Gasteiger partial charge on any atom is -0.493 e. The number of aromatic nitrogens is 2. The topological polar surface area (TPSA) is 73.6 Å². The Morgan fingerprint density at radius 3 is 2.59 bits per heavy atom. The fourth-order valence-corrected chi connectivity index (χ4v) is 3.20. The number of carbonyl (C=O) groups is 1. The molecule has 0 saturated carbocycles. The average molecular weight is 457 g/mol. The summed E-state index contributed by atoms with van der Waals surface area (Å²) in [7, 11) is 0. The smallest absolute Gasteiger partial charge is 0.335 e. The van der Waals surface area contributed by atoms with Gasteiger partial charge in [0.15, 0.2) is 5.60 Å². The minimum absolute atomic E-state index is 0.0748. The molecule has 0 bridgehead atoms. The highest BCUT2D eigenvalue weighted by atomic mass is 35.5. The maximum Gasteiger partial charge on any atom is 0.335 e. The third kappa shape index (κ3) is 6.11. The molecule has 7 heteroatoms. The second-order valence-electron chi connectivity index (χ2n) is 8.61. The second kappa shape index (κ2) is 10.2. The summed E-state index contributed by atoms with van der Waals surface area (Å²) in [6.07, 6.45) is 0. The average Bonchev–Trinajstić information content (AvgIpc) is 3.15. The van der Waals surface area contributed by atoms with Crippen molar-refractivity contribution in [1.82, 2.24) is 9.78 Å². The molecule has 0 radical (unpaired) electrons. The summed E-state index contributed by atoms with van der Waals surface area (Å²) in [6, 6.07) is 17.4. The molecule has 3 rings (SSSR count). The normalized spacial score (nSPS) is 11.7. The Hall–Kier alpha value is -2.83. The number of ether oxygens (including phenoxy) is 2. The van der Waals surface area contributed by atoms with Crippen LogP contribution in [-0.4, -0.2) is 33.1 Å². The lowest BCUT2D eigenvalue weighted by molar-refractivity contribution is -0.162. The molecule has 0 aliphatic carbocycles. The molecule has 0 aliphatic heterocycles. The van der Waals surface area contributed by atoms with E-state index >= 15 is 0 Å². The summed E-state index contributed by atoms with van der Waals surface area (Å²) in [5.41, 5.74) is 2.07. The van der Waals surface area contributed by atoms with Gasteiger partial charge in [0.1, 0.15) is 5.75 Å². The fraction of sp³-hybridized carbons (Fsp3) is 0.360. The molecule has 0 atom stereocenters. The number of aliphatic carboxylic acids is 1. The van der Waals surface area contributed by atoms with Crippen molar-refractivity contribution in [3.63, 3.8) is 0 Å². The summed E-state index contributed by atoms with van der Waals surface area (Å²) in [5, 5.41) is 14.7. The summed E-state index contributed by atoms with van der Waals surface area (Å²) in [4.78, 5) is 11.4. The maximum absolute atomic E-state index is 11.4. The molecule has 0 unspecified atom stereocenters. The highest BCUT2D eigenvalue weighted by Crippen LogP contribution is 2.28. The van der Waals surface area contributed by atoms with Crippen LogP contribution >= 0.6 is 11.6 Å². The molecular weight excluding hydrogens is 428 g/mol. The lowest BCUT2D eigenvalue weighted by Gasteiger charge is -2.19. The second-order valence-corrected chi connectivity index (χ2v) is 9.01. The largest absolute Gasteiger partial charge is 0.493 e. The quantitative estimate of drug-likeness (QED) is 0.425. The van der Waals surface area contributed by atoms with Gasteiger partial charge in [-0.05, 0) is 49.6 Å². The highest BCUT2D eigenvalue weighted by molar-refractivity contribution is 6.31. The zero-order valence-electron chi connectivity index (χ0n) is 18.8. The maximum atomic E-state index is 11.4. The van der Waals surface area contributed by atoms with E-state index in [2.05, 4.69) is 18.9 Å². The number of hydrogen-bond donors (Lipinski definition) is 1. The van der Waals surface area contributed by atoms with Gasteiger partial charge < -0.3 is 14.6 Å². The van der Waals surface area contributed by atoms with E-state index in [1.165, 1.54) is 13.8 Å². The Morgan fingerprint density at radius 1 is 1.16 bits per heavy atom. The molecule has 32 heavy (non-hydrogen) atoms. The summed E-state index contributed by atoms with van der Waals surface area (Å²) >= 11 is 6.38. The zero-order chi connectivity index (χ0) is 23.3. The Bertz CT molecular complexity index is 1080. The lowest BCUT2D eigenvalue weighted by atomic mass is 10.1. The van der Waals surface area contributed by atoms with Crippen molar-refractivity contribution >= 4 is 17.6 Å². The van der Waals surface area contributed by atoms with Gasteiger partial charge in [0.25, 0.3) is 0 Å². The first-order valence-electron chi connectivity index (χ1n) is 10.6. The molecule has 0 spiro atoms. The third-order valence-corrected chi connectivity index (χ3v) is 5.29. The van der Waals surface area contributed by atoms with Crippen molar-refractivity contribution in [3.8, 4) is 17.0 Å². The molecule has 1 aromatic heterocycles. The van der Waals surface area contributed by atoms with Gasteiger partial charge in [-0.1, -0.05) is 55.8 Å². The molecule has 2 aromatic carbocycles. The molecule has 0 aliphatic rings. The van der Waals surface area contributed by atoms with Crippen LogP contribution in [0.1, 0.15) is 39.0 Å². The Balaban J connectivity index is 1.94. The van der Waals surface area contributed by atoms with Gasteiger partial charge in [-0.3, -0.25) is 4.68 Å². The minimum atomic E-state index is -1.31. The number of rotatable bonds is 10. The van der Waals surface area contributed by atoms with E-state index < -0.39 is 11.6 Å². The van der Waals surface area contributed by atoms with Crippen LogP contribution in [0.5, 0.6) is 5.75 Å².